The SMILES string of the molecule is COc1cc([C@@H]2c3cc4c(cc3[C@H](O)[C@H]3COC[C@H]23)OCO4)cc(OC)c1OC. The highest BCUT2D eigenvalue weighted by molar-refractivity contribution is 5.59. The van der Waals surface area contributed by atoms with Gasteiger partial charge in [-0.1, -0.05) is 0 Å². The van der Waals surface area contributed by atoms with Gasteiger partial charge in [-0.15, -0.1) is 0 Å². The molecule has 2 aliphatic heterocycles. The Morgan fingerprint density at radius 3 is 2.07 bits per heavy atom. The molecule has 5 rings (SSSR count). The molecule has 7 nitrogen and oxygen atoms in total. The highest BCUT2D eigenvalue weighted by Gasteiger charge is 2.47. The lowest BCUT2D eigenvalue weighted by molar-refractivity contribution is 0.0687. The van der Waals surface area contributed by atoms with Crippen molar-refractivity contribution >= 4 is 0 Å². The number of fused-ring (bicyclic) bond motifs is 3. The van der Waals surface area contributed by atoms with Crippen LogP contribution in [0.2, 0.25) is 0 Å². The molecule has 7 heteroatoms. The van der Waals surface area contributed by atoms with Gasteiger partial charge in [-0.25, -0.2) is 0 Å². The molecule has 154 valence electrons. The number of aliphatic hydroxyl groups excluding tert-OH is 1. The van der Waals surface area contributed by atoms with Gasteiger partial charge >= 0.3 is 0 Å². The first-order valence-corrected chi connectivity index (χ1v) is 9.65. The van der Waals surface area contributed by atoms with E-state index in [4.69, 9.17) is 28.4 Å². The molecule has 0 amide bonds. The minimum atomic E-state index is -0.606. The average molecular weight is 400 g/mol. The standard InChI is InChI=1S/C22H24O7/c1-24-18-4-11(5-19(25-2)22(18)26-3)20-12-6-16-17(29-10-28-16)7-13(12)21(23)15-9-27-8-14(15)20/h4-7,14-15,20-21,23H,8-10H2,1-3H3/t14-,15-,20+,21-/m0/s1. The van der Waals surface area contributed by atoms with Crippen molar-refractivity contribution in [2.45, 2.75) is 12.0 Å². The van der Waals surface area contributed by atoms with E-state index in [2.05, 4.69) is 0 Å². The van der Waals surface area contributed by atoms with E-state index in [1.165, 1.54) is 0 Å². The predicted molar refractivity (Wildman–Crippen MR) is 103 cm³/mol. The summed E-state index contributed by atoms with van der Waals surface area (Å²) in [5, 5.41) is 11.1. The molecule has 1 N–H and O–H groups in total. The molecule has 2 aromatic rings. The maximum Gasteiger partial charge on any atom is 0.231 e. The Bertz CT molecular complexity index is 916. The Balaban J connectivity index is 1.71. The van der Waals surface area contributed by atoms with E-state index in [1.54, 1.807) is 21.3 Å². The third-order valence-electron chi connectivity index (χ3n) is 6.28. The fourth-order valence-corrected chi connectivity index (χ4v) is 4.92. The van der Waals surface area contributed by atoms with Crippen LogP contribution in [0, 0.1) is 11.8 Å². The van der Waals surface area contributed by atoms with Crippen LogP contribution in [0.15, 0.2) is 24.3 Å². The zero-order valence-corrected chi connectivity index (χ0v) is 16.6. The average Bonchev–Trinajstić information content (AvgIpc) is 3.41. The summed E-state index contributed by atoms with van der Waals surface area (Å²) in [4.78, 5) is 0. The Labute approximate surface area is 169 Å². The van der Waals surface area contributed by atoms with Gasteiger partial charge in [-0.3, -0.25) is 0 Å². The first kappa shape index (κ1) is 18.4. The topological polar surface area (TPSA) is 75.6 Å². The van der Waals surface area contributed by atoms with Gasteiger partial charge in [0.1, 0.15) is 0 Å². The molecular weight excluding hydrogens is 376 g/mol. The van der Waals surface area contributed by atoms with Gasteiger partial charge in [0.15, 0.2) is 23.0 Å². The molecule has 1 fully saturated rings. The number of ether oxygens (including phenoxy) is 6. The van der Waals surface area contributed by atoms with Crippen molar-refractivity contribution in [3.63, 3.8) is 0 Å². The van der Waals surface area contributed by atoms with Gasteiger partial charge < -0.3 is 33.5 Å². The van der Waals surface area contributed by atoms with E-state index >= 15 is 0 Å². The molecule has 0 bridgehead atoms. The lowest BCUT2D eigenvalue weighted by Crippen LogP contribution is -2.33. The molecule has 4 atom stereocenters. The molecule has 0 spiro atoms. The number of benzene rings is 2. The maximum absolute atomic E-state index is 11.1. The molecule has 29 heavy (non-hydrogen) atoms. The van der Waals surface area contributed by atoms with Gasteiger partial charge in [-0.05, 0) is 41.0 Å². The quantitative estimate of drug-likeness (QED) is 0.846. The van der Waals surface area contributed by atoms with Crippen LogP contribution < -0.4 is 23.7 Å². The number of hydrogen-bond donors (Lipinski definition) is 1. The van der Waals surface area contributed by atoms with Crippen molar-refractivity contribution in [2.75, 3.05) is 41.3 Å². The molecule has 2 aromatic carbocycles. The molecule has 0 saturated carbocycles. The molecule has 1 aliphatic carbocycles. The van der Waals surface area contributed by atoms with Crippen molar-refractivity contribution in [2.24, 2.45) is 11.8 Å². The van der Waals surface area contributed by atoms with E-state index in [9.17, 15) is 5.11 Å². The van der Waals surface area contributed by atoms with Crippen LogP contribution in [0.5, 0.6) is 28.7 Å². The summed E-state index contributed by atoms with van der Waals surface area (Å²) in [6, 6.07) is 7.85. The van der Waals surface area contributed by atoms with Crippen LogP contribution in [0.1, 0.15) is 28.7 Å². The summed E-state index contributed by atoms with van der Waals surface area (Å²) in [5.41, 5.74) is 2.90. The second kappa shape index (κ2) is 7.00. The fourth-order valence-electron chi connectivity index (χ4n) is 4.92. The monoisotopic (exact) mass is 400 g/mol. The van der Waals surface area contributed by atoms with Gasteiger partial charge in [0.05, 0.1) is 40.6 Å². The maximum atomic E-state index is 11.1. The largest absolute Gasteiger partial charge is 0.493 e. The third-order valence-corrected chi connectivity index (χ3v) is 6.28. The van der Waals surface area contributed by atoms with E-state index in [-0.39, 0.29) is 24.5 Å². The summed E-state index contributed by atoms with van der Waals surface area (Å²) in [6.07, 6.45) is -0.606. The molecule has 0 unspecified atom stereocenters. The van der Waals surface area contributed by atoms with Crippen molar-refractivity contribution in [1.82, 2.24) is 0 Å². The molecule has 0 radical (unpaired) electrons. The van der Waals surface area contributed by atoms with Crippen LogP contribution in [-0.4, -0.2) is 46.4 Å². The zero-order chi connectivity index (χ0) is 20.1. The highest BCUT2D eigenvalue weighted by atomic mass is 16.7. The van der Waals surface area contributed by atoms with Gasteiger partial charge in [0, 0.05) is 17.8 Å². The van der Waals surface area contributed by atoms with Crippen LogP contribution in [0.4, 0.5) is 0 Å². The highest BCUT2D eigenvalue weighted by Crippen LogP contribution is 2.55. The predicted octanol–water partition coefficient (Wildman–Crippen LogP) is 2.88. The van der Waals surface area contributed by atoms with Crippen molar-refractivity contribution in [3.05, 3.63) is 41.0 Å². The lowest BCUT2D eigenvalue weighted by atomic mass is 9.66. The molecule has 0 aromatic heterocycles. The smallest absolute Gasteiger partial charge is 0.231 e. The second-order valence-electron chi connectivity index (χ2n) is 7.58. The van der Waals surface area contributed by atoms with Crippen LogP contribution in [0.3, 0.4) is 0 Å². The van der Waals surface area contributed by atoms with Crippen LogP contribution >= 0.6 is 0 Å². The Hall–Kier alpha value is -2.64. The van der Waals surface area contributed by atoms with Crippen molar-refractivity contribution in [1.29, 1.82) is 0 Å². The molecule has 3 aliphatic rings. The van der Waals surface area contributed by atoms with Gasteiger partial charge in [0.2, 0.25) is 12.5 Å². The lowest BCUT2D eigenvalue weighted by Gasteiger charge is -2.38. The summed E-state index contributed by atoms with van der Waals surface area (Å²) in [5.74, 6) is 3.25. The zero-order valence-electron chi connectivity index (χ0n) is 16.6. The first-order valence-electron chi connectivity index (χ1n) is 9.65. The van der Waals surface area contributed by atoms with Crippen molar-refractivity contribution in [3.8, 4) is 28.7 Å². The summed E-state index contributed by atoms with van der Waals surface area (Å²) in [7, 11) is 4.81. The summed E-state index contributed by atoms with van der Waals surface area (Å²) < 4.78 is 33.6. The summed E-state index contributed by atoms with van der Waals surface area (Å²) in [6.45, 7) is 1.30. The van der Waals surface area contributed by atoms with Crippen LogP contribution in [-0.2, 0) is 4.74 Å². The second-order valence-corrected chi connectivity index (χ2v) is 7.58. The minimum Gasteiger partial charge on any atom is -0.493 e. The van der Waals surface area contributed by atoms with Crippen molar-refractivity contribution < 1.29 is 33.5 Å². The number of methoxy groups -OCH3 is 3. The number of aliphatic hydroxyl groups is 1. The van der Waals surface area contributed by atoms with Gasteiger partial charge in [0.25, 0.3) is 0 Å². The van der Waals surface area contributed by atoms with Gasteiger partial charge in [-0.2, -0.15) is 0 Å². The Morgan fingerprint density at radius 2 is 1.45 bits per heavy atom. The number of rotatable bonds is 4. The Morgan fingerprint density at radius 1 is 0.828 bits per heavy atom. The van der Waals surface area contributed by atoms with E-state index in [1.807, 2.05) is 24.3 Å². The molecular formula is C22H24O7. The molecule has 1 saturated heterocycles. The fraction of sp³-hybridized carbons (Fsp3) is 0.455. The summed E-state index contributed by atoms with van der Waals surface area (Å²) >= 11 is 0. The first-order chi connectivity index (χ1) is 14.2. The van der Waals surface area contributed by atoms with E-state index < -0.39 is 6.10 Å². The third kappa shape index (κ3) is 2.72. The van der Waals surface area contributed by atoms with Crippen LogP contribution in [0.25, 0.3) is 0 Å². The Kier molecular flexibility index (Phi) is 4.44. The van der Waals surface area contributed by atoms with E-state index in [0.717, 1.165) is 16.7 Å². The minimum absolute atomic E-state index is 0.00645. The van der Waals surface area contributed by atoms with E-state index in [0.29, 0.717) is 42.0 Å². The normalized spacial score (nSPS) is 26.6. The molecule has 2 heterocycles. The number of hydrogen-bond acceptors (Lipinski definition) is 7.